The van der Waals surface area contributed by atoms with E-state index in [4.69, 9.17) is 4.74 Å². The summed E-state index contributed by atoms with van der Waals surface area (Å²) in [6.07, 6.45) is 6.14. The van der Waals surface area contributed by atoms with Crippen LogP contribution in [-0.4, -0.2) is 11.0 Å². The van der Waals surface area contributed by atoms with Crippen molar-refractivity contribution in [2.75, 3.05) is 5.32 Å². The summed E-state index contributed by atoms with van der Waals surface area (Å²) in [6.45, 7) is 4.22. The summed E-state index contributed by atoms with van der Waals surface area (Å²) in [5, 5.41) is 4.21. The Bertz CT molecular complexity index is 698. The fourth-order valence-electron chi connectivity index (χ4n) is 2.93. The quantitative estimate of drug-likeness (QED) is 0.764. The molecule has 0 saturated carbocycles. The van der Waals surface area contributed by atoms with Gasteiger partial charge >= 0.3 is 5.97 Å². The monoisotopic (exact) mass is 330 g/mol. The normalized spacial score (nSPS) is 20.5. The predicted molar refractivity (Wildman–Crippen MR) is 93.1 cm³/mol. The largest absolute Gasteiger partial charge is 0.453 e. The average molecular weight is 330 g/mol. The average Bonchev–Trinajstić information content (AvgIpc) is 3.15. The SMILES string of the molecule is CCCCC1(c2cnc(Nc3ccccc3C)s2)CCC(=O)O1. The molecule has 1 aliphatic heterocycles. The van der Waals surface area contributed by atoms with Crippen molar-refractivity contribution in [3.8, 4) is 0 Å². The number of esters is 1. The van der Waals surface area contributed by atoms with Gasteiger partial charge in [0, 0.05) is 24.7 Å². The summed E-state index contributed by atoms with van der Waals surface area (Å²) in [4.78, 5) is 17.2. The zero-order valence-corrected chi connectivity index (χ0v) is 14.4. The van der Waals surface area contributed by atoms with E-state index >= 15 is 0 Å². The van der Waals surface area contributed by atoms with E-state index in [2.05, 4.69) is 30.2 Å². The molecule has 1 fully saturated rings. The lowest BCUT2D eigenvalue weighted by Gasteiger charge is -2.25. The Morgan fingerprint density at radius 2 is 2.22 bits per heavy atom. The molecule has 3 rings (SSSR count). The third-order valence-corrected chi connectivity index (χ3v) is 5.42. The zero-order chi connectivity index (χ0) is 16.3. The molecule has 5 heteroatoms. The van der Waals surface area contributed by atoms with Gasteiger partial charge in [-0.2, -0.15) is 0 Å². The number of carbonyl (C=O) groups excluding carboxylic acids is 1. The Balaban J connectivity index is 1.82. The zero-order valence-electron chi connectivity index (χ0n) is 13.6. The first-order chi connectivity index (χ1) is 11.1. The van der Waals surface area contributed by atoms with Crippen molar-refractivity contribution >= 4 is 28.1 Å². The molecule has 1 atom stereocenters. The Morgan fingerprint density at radius 3 is 2.91 bits per heavy atom. The number of aryl methyl sites for hydroxylation is 1. The highest BCUT2D eigenvalue weighted by atomic mass is 32.1. The summed E-state index contributed by atoms with van der Waals surface area (Å²) in [5.74, 6) is -0.0945. The molecule has 1 unspecified atom stereocenters. The van der Waals surface area contributed by atoms with Crippen LogP contribution in [0.2, 0.25) is 0 Å². The molecule has 122 valence electrons. The minimum Gasteiger partial charge on any atom is -0.453 e. The molecule has 0 radical (unpaired) electrons. The molecule has 1 N–H and O–H groups in total. The van der Waals surface area contributed by atoms with Gasteiger partial charge in [-0.05, 0) is 31.4 Å². The molecule has 1 aromatic heterocycles. The number of unbranched alkanes of at least 4 members (excludes halogenated alkanes) is 1. The standard InChI is InChI=1S/C18H22N2O2S/c1-3-4-10-18(11-9-16(21)22-18)15-12-19-17(23-15)20-14-8-6-5-7-13(14)2/h5-8,12H,3-4,9-11H2,1-2H3,(H,19,20). The smallest absolute Gasteiger partial charge is 0.306 e. The number of carbonyl (C=O) groups is 1. The molecule has 0 spiro atoms. The molecule has 0 bridgehead atoms. The fraction of sp³-hybridized carbons (Fsp3) is 0.444. The van der Waals surface area contributed by atoms with Crippen molar-refractivity contribution in [1.82, 2.24) is 4.98 Å². The van der Waals surface area contributed by atoms with Gasteiger partial charge in [0.15, 0.2) is 5.13 Å². The van der Waals surface area contributed by atoms with E-state index in [0.29, 0.717) is 6.42 Å². The number of ether oxygens (including phenoxy) is 1. The first-order valence-electron chi connectivity index (χ1n) is 8.14. The third kappa shape index (κ3) is 3.39. The van der Waals surface area contributed by atoms with Crippen molar-refractivity contribution < 1.29 is 9.53 Å². The summed E-state index contributed by atoms with van der Waals surface area (Å²) < 4.78 is 5.73. The number of nitrogens with one attached hydrogen (secondary N) is 1. The number of cyclic esters (lactones) is 1. The van der Waals surface area contributed by atoms with Crippen LogP contribution in [0.1, 0.15) is 49.5 Å². The number of para-hydroxylation sites is 1. The minimum atomic E-state index is -0.462. The van der Waals surface area contributed by atoms with E-state index in [1.807, 2.05) is 24.4 Å². The molecule has 4 nitrogen and oxygen atoms in total. The maximum atomic E-state index is 11.7. The Hall–Kier alpha value is -1.88. The lowest BCUT2D eigenvalue weighted by atomic mass is 9.92. The van der Waals surface area contributed by atoms with Crippen LogP contribution in [0, 0.1) is 6.92 Å². The number of hydrogen-bond acceptors (Lipinski definition) is 5. The van der Waals surface area contributed by atoms with Gasteiger partial charge in [0.1, 0.15) is 5.60 Å². The lowest BCUT2D eigenvalue weighted by molar-refractivity contribution is -0.149. The number of anilines is 2. The van der Waals surface area contributed by atoms with Crippen LogP contribution in [0.4, 0.5) is 10.8 Å². The van der Waals surface area contributed by atoms with Crippen LogP contribution in [0.15, 0.2) is 30.5 Å². The number of aromatic nitrogens is 1. The van der Waals surface area contributed by atoms with Gasteiger partial charge < -0.3 is 10.1 Å². The van der Waals surface area contributed by atoms with E-state index in [1.54, 1.807) is 11.3 Å². The highest BCUT2D eigenvalue weighted by molar-refractivity contribution is 7.15. The van der Waals surface area contributed by atoms with E-state index in [9.17, 15) is 4.79 Å². The van der Waals surface area contributed by atoms with Crippen LogP contribution in [0.25, 0.3) is 0 Å². The first-order valence-corrected chi connectivity index (χ1v) is 8.95. The van der Waals surface area contributed by atoms with Gasteiger partial charge in [0.25, 0.3) is 0 Å². The van der Waals surface area contributed by atoms with Crippen LogP contribution < -0.4 is 5.32 Å². The Kier molecular flexibility index (Phi) is 4.66. The molecule has 2 heterocycles. The van der Waals surface area contributed by atoms with E-state index < -0.39 is 5.60 Å². The van der Waals surface area contributed by atoms with Crippen molar-refractivity contribution in [3.05, 3.63) is 40.9 Å². The van der Waals surface area contributed by atoms with Crippen molar-refractivity contribution in [2.24, 2.45) is 0 Å². The number of hydrogen-bond donors (Lipinski definition) is 1. The van der Waals surface area contributed by atoms with Crippen LogP contribution >= 0.6 is 11.3 Å². The summed E-state index contributed by atoms with van der Waals surface area (Å²) >= 11 is 1.59. The second-order valence-electron chi connectivity index (χ2n) is 6.04. The molecule has 23 heavy (non-hydrogen) atoms. The van der Waals surface area contributed by atoms with Crippen molar-refractivity contribution in [1.29, 1.82) is 0 Å². The molecule has 0 aliphatic carbocycles. The number of rotatable bonds is 6. The van der Waals surface area contributed by atoms with Crippen LogP contribution in [0.5, 0.6) is 0 Å². The summed E-state index contributed by atoms with van der Waals surface area (Å²) in [6, 6.07) is 8.13. The van der Waals surface area contributed by atoms with Gasteiger partial charge in [-0.25, -0.2) is 4.98 Å². The predicted octanol–water partition coefficient (Wildman–Crippen LogP) is 4.92. The lowest BCUT2D eigenvalue weighted by Crippen LogP contribution is -2.24. The van der Waals surface area contributed by atoms with Crippen molar-refractivity contribution in [2.45, 2.75) is 51.6 Å². The molecule has 1 saturated heterocycles. The second-order valence-corrected chi connectivity index (χ2v) is 7.07. The number of thiazole rings is 1. The van der Waals surface area contributed by atoms with Gasteiger partial charge in [-0.15, -0.1) is 0 Å². The highest BCUT2D eigenvalue weighted by Gasteiger charge is 2.43. The first kappa shape index (κ1) is 16.0. The third-order valence-electron chi connectivity index (χ3n) is 4.32. The molecular weight excluding hydrogens is 308 g/mol. The van der Waals surface area contributed by atoms with Gasteiger partial charge in [0.05, 0.1) is 4.88 Å². The van der Waals surface area contributed by atoms with E-state index in [-0.39, 0.29) is 5.97 Å². The second kappa shape index (κ2) is 6.71. The van der Waals surface area contributed by atoms with Crippen LogP contribution in [-0.2, 0) is 15.1 Å². The molecule has 0 amide bonds. The number of nitrogens with zero attached hydrogens (tertiary/aromatic N) is 1. The highest BCUT2D eigenvalue weighted by Crippen LogP contribution is 2.44. The Morgan fingerprint density at radius 1 is 1.39 bits per heavy atom. The van der Waals surface area contributed by atoms with Crippen LogP contribution in [0.3, 0.4) is 0 Å². The molecule has 1 aliphatic rings. The number of benzene rings is 1. The maximum absolute atomic E-state index is 11.7. The summed E-state index contributed by atoms with van der Waals surface area (Å²) in [7, 11) is 0. The van der Waals surface area contributed by atoms with Gasteiger partial charge in [-0.1, -0.05) is 42.9 Å². The molecule has 2 aromatic rings. The fourth-order valence-corrected chi connectivity index (χ4v) is 3.94. The maximum Gasteiger partial charge on any atom is 0.306 e. The minimum absolute atomic E-state index is 0.0945. The molecule has 1 aromatic carbocycles. The van der Waals surface area contributed by atoms with E-state index in [0.717, 1.165) is 41.4 Å². The van der Waals surface area contributed by atoms with Crippen molar-refractivity contribution in [3.63, 3.8) is 0 Å². The topological polar surface area (TPSA) is 51.2 Å². The Labute approximate surface area is 140 Å². The molecular formula is C18H22N2O2S. The van der Waals surface area contributed by atoms with Gasteiger partial charge in [0.2, 0.25) is 0 Å². The van der Waals surface area contributed by atoms with Gasteiger partial charge in [-0.3, -0.25) is 4.79 Å². The van der Waals surface area contributed by atoms with E-state index in [1.165, 1.54) is 5.56 Å². The summed E-state index contributed by atoms with van der Waals surface area (Å²) in [5.41, 5.74) is 1.77.